The third-order valence-electron chi connectivity index (χ3n) is 4.18. The molecule has 2 heterocycles. The largest absolute Gasteiger partial charge is 0.357 e. The fourth-order valence-electron chi connectivity index (χ4n) is 2.82. The molecule has 0 saturated carbocycles. The van der Waals surface area contributed by atoms with Crippen molar-refractivity contribution >= 4 is 34.8 Å². The van der Waals surface area contributed by atoms with Gasteiger partial charge in [0.05, 0.1) is 0 Å². The number of halogens is 2. The van der Waals surface area contributed by atoms with Gasteiger partial charge in [-0.2, -0.15) is 0 Å². The van der Waals surface area contributed by atoms with Crippen molar-refractivity contribution in [1.82, 2.24) is 25.2 Å². The summed E-state index contributed by atoms with van der Waals surface area (Å²) in [6.07, 6.45) is 1.93. The molecule has 0 saturated heterocycles. The highest BCUT2D eigenvalue weighted by Crippen LogP contribution is 2.30. The number of aliphatic imine (C=N–C) groups is 1. The molecule has 0 fully saturated rings. The summed E-state index contributed by atoms with van der Waals surface area (Å²) in [4.78, 5) is 4.62. The Labute approximate surface area is 168 Å². The zero-order valence-corrected chi connectivity index (χ0v) is 16.8. The lowest BCUT2D eigenvalue weighted by atomic mass is 10.0. The van der Waals surface area contributed by atoms with Crippen molar-refractivity contribution in [3.8, 4) is 0 Å². The maximum absolute atomic E-state index is 6.31. The van der Waals surface area contributed by atoms with Gasteiger partial charge in [-0.05, 0) is 36.8 Å². The Hall–Kier alpha value is -2.31. The number of fused-ring (bicyclic) bond motifs is 1. The Bertz CT molecular complexity index is 917. The minimum atomic E-state index is 0.129. The molecule has 2 aromatic heterocycles. The standard InChI is InChI=1S/C19H22Cl2N6/c1-3-22-19(23-11-13(2)18-14(20)7-6-8-15(18)21)24-12-17-26-25-16-9-4-5-10-27(16)17/h4-10,13H,3,11-12H2,1-2H3,(H2,22,23,24). The molecule has 0 amide bonds. The minimum Gasteiger partial charge on any atom is -0.357 e. The summed E-state index contributed by atoms with van der Waals surface area (Å²) >= 11 is 12.6. The molecule has 0 bridgehead atoms. The average molecular weight is 405 g/mol. The van der Waals surface area contributed by atoms with Crippen LogP contribution in [0.4, 0.5) is 0 Å². The van der Waals surface area contributed by atoms with E-state index < -0.39 is 0 Å². The normalized spacial score (nSPS) is 13.0. The number of rotatable bonds is 6. The number of benzene rings is 1. The van der Waals surface area contributed by atoms with Crippen LogP contribution in [0.3, 0.4) is 0 Å². The third kappa shape index (κ3) is 4.70. The molecule has 1 aromatic carbocycles. The second-order valence-corrected chi connectivity index (χ2v) is 6.97. The summed E-state index contributed by atoms with van der Waals surface area (Å²) in [7, 11) is 0. The van der Waals surface area contributed by atoms with Gasteiger partial charge >= 0.3 is 0 Å². The molecule has 0 radical (unpaired) electrons. The monoisotopic (exact) mass is 404 g/mol. The fourth-order valence-corrected chi connectivity index (χ4v) is 3.59. The lowest BCUT2D eigenvalue weighted by molar-refractivity contribution is 0.698. The predicted molar refractivity (Wildman–Crippen MR) is 111 cm³/mol. The van der Waals surface area contributed by atoms with Gasteiger partial charge in [-0.25, -0.2) is 4.99 Å². The van der Waals surface area contributed by atoms with Crippen molar-refractivity contribution in [2.24, 2.45) is 4.99 Å². The number of hydrogen-bond donors (Lipinski definition) is 2. The first-order valence-corrected chi connectivity index (χ1v) is 9.60. The Morgan fingerprint density at radius 2 is 1.89 bits per heavy atom. The number of hydrogen-bond acceptors (Lipinski definition) is 3. The molecular formula is C19H22Cl2N6. The van der Waals surface area contributed by atoms with E-state index in [1.807, 2.05) is 53.9 Å². The van der Waals surface area contributed by atoms with Crippen molar-refractivity contribution in [3.63, 3.8) is 0 Å². The summed E-state index contributed by atoms with van der Waals surface area (Å²) < 4.78 is 1.93. The first kappa shape index (κ1) is 19.5. The van der Waals surface area contributed by atoms with E-state index in [1.165, 1.54) is 0 Å². The molecule has 0 aliphatic heterocycles. The highest BCUT2D eigenvalue weighted by Gasteiger charge is 2.14. The molecular weight excluding hydrogens is 383 g/mol. The maximum Gasteiger partial charge on any atom is 0.191 e. The zero-order chi connectivity index (χ0) is 19.2. The third-order valence-corrected chi connectivity index (χ3v) is 4.83. The van der Waals surface area contributed by atoms with Crippen LogP contribution in [0.1, 0.15) is 31.2 Å². The van der Waals surface area contributed by atoms with Gasteiger partial charge in [0.1, 0.15) is 6.54 Å². The Morgan fingerprint density at radius 1 is 1.11 bits per heavy atom. The van der Waals surface area contributed by atoms with Crippen LogP contribution in [0.25, 0.3) is 5.65 Å². The van der Waals surface area contributed by atoms with Crippen LogP contribution >= 0.6 is 23.2 Å². The van der Waals surface area contributed by atoms with Crippen molar-refractivity contribution in [1.29, 1.82) is 0 Å². The zero-order valence-electron chi connectivity index (χ0n) is 15.3. The molecule has 0 spiro atoms. The van der Waals surface area contributed by atoms with E-state index in [9.17, 15) is 0 Å². The topological polar surface area (TPSA) is 66.6 Å². The highest BCUT2D eigenvalue weighted by atomic mass is 35.5. The van der Waals surface area contributed by atoms with E-state index >= 15 is 0 Å². The lowest BCUT2D eigenvalue weighted by Gasteiger charge is -2.18. The number of pyridine rings is 1. The van der Waals surface area contributed by atoms with Crippen LogP contribution < -0.4 is 10.6 Å². The van der Waals surface area contributed by atoms with E-state index in [4.69, 9.17) is 23.2 Å². The first-order valence-electron chi connectivity index (χ1n) is 8.85. The molecule has 0 aliphatic carbocycles. The molecule has 0 aliphatic rings. The van der Waals surface area contributed by atoms with E-state index in [2.05, 4.69) is 32.7 Å². The second kappa shape index (κ2) is 9.06. The molecule has 1 unspecified atom stereocenters. The molecule has 3 aromatic rings. The quantitative estimate of drug-likeness (QED) is 0.482. The molecule has 8 heteroatoms. The number of nitrogens with zero attached hydrogens (tertiary/aromatic N) is 4. The van der Waals surface area contributed by atoms with Gasteiger partial charge in [0, 0.05) is 35.2 Å². The molecule has 142 valence electrons. The molecule has 2 N–H and O–H groups in total. The number of guanidine groups is 1. The van der Waals surface area contributed by atoms with Crippen molar-refractivity contribution in [3.05, 3.63) is 64.0 Å². The van der Waals surface area contributed by atoms with E-state index in [-0.39, 0.29) is 5.92 Å². The van der Waals surface area contributed by atoms with Gasteiger partial charge in [-0.3, -0.25) is 4.40 Å². The van der Waals surface area contributed by atoms with Gasteiger partial charge < -0.3 is 10.6 Å². The van der Waals surface area contributed by atoms with Crippen LogP contribution in [0.15, 0.2) is 47.6 Å². The minimum absolute atomic E-state index is 0.129. The summed E-state index contributed by atoms with van der Waals surface area (Å²) in [5, 5.41) is 16.3. The first-order chi connectivity index (χ1) is 13.1. The fraction of sp³-hybridized carbons (Fsp3) is 0.316. The predicted octanol–water partition coefficient (Wildman–Crippen LogP) is 3.89. The summed E-state index contributed by atoms with van der Waals surface area (Å²) in [6.45, 7) is 5.93. The van der Waals surface area contributed by atoms with Crippen LogP contribution in [0.5, 0.6) is 0 Å². The average Bonchev–Trinajstić information content (AvgIpc) is 3.07. The smallest absolute Gasteiger partial charge is 0.191 e. The lowest BCUT2D eigenvalue weighted by Crippen LogP contribution is -2.39. The van der Waals surface area contributed by atoms with Crippen LogP contribution in [0.2, 0.25) is 10.0 Å². The molecule has 3 rings (SSSR count). The number of nitrogens with one attached hydrogen (secondary N) is 2. The summed E-state index contributed by atoms with van der Waals surface area (Å²) in [5.74, 6) is 1.62. The van der Waals surface area contributed by atoms with Crippen LogP contribution in [-0.4, -0.2) is 33.6 Å². The maximum atomic E-state index is 6.31. The number of aromatic nitrogens is 3. The van der Waals surface area contributed by atoms with Gasteiger partial charge in [-0.1, -0.05) is 42.3 Å². The Kier molecular flexibility index (Phi) is 6.53. The molecule has 1 atom stereocenters. The molecule has 6 nitrogen and oxygen atoms in total. The second-order valence-electron chi connectivity index (χ2n) is 6.16. The SMILES string of the molecule is CCNC(=NCc1nnc2ccccn12)NCC(C)c1c(Cl)cccc1Cl. The molecule has 27 heavy (non-hydrogen) atoms. The van der Waals surface area contributed by atoms with Crippen molar-refractivity contribution in [2.45, 2.75) is 26.3 Å². The van der Waals surface area contributed by atoms with E-state index in [1.54, 1.807) is 0 Å². The van der Waals surface area contributed by atoms with Gasteiger partial charge in [0.25, 0.3) is 0 Å². The summed E-state index contributed by atoms with van der Waals surface area (Å²) in [6, 6.07) is 11.4. The van der Waals surface area contributed by atoms with Gasteiger partial charge in [0.2, 0.25) is 0 Å². The van der Waals surface area contributed by atoms with E-state index in [0.717, 1.165) is 23.6 Å². The highest BCUT2D eigenvalue weighted by molar-refractivity contribution is 6.36. The summed E-state index contributed by atoms with van der Waals surface area (Å²) in [5.41, 5.74) is 1.75. The van der Waals surface area contributed by atoms with Crippen LogP contribution in [-0.2, 0) is 6.54 Å². The Morgan fingerprint density at radius 3 is 2.63 bits per heavy atom. The van der Waals surface area contributed by atoms with Crippen molar-refractivity contribution < 1.29 is 0 Å². The van der Waals surface area contributed by atoms with Crippen molar-refractivity contribution in [2.75, 3.05) is 13.1 Å². The Balaban J connectivity index is 1.69. The van der Waals surface area contributed by atoms with E-state index in [0.29, 0.717) is 29.1 Å². The van der Waals surface area contributed by atoms with Gasteiger partial charge in [-0.15, -0.1) is 10.2 Å². The van der Waals surface area contributed by atoms with Crippen LogP contribution in [0, 0.1) is 0 Å². The van der Waals surface area contributed by atoms with Gasteiger partial charge in [0.15, 0.2) is 17.4 Å².